The lowest BCUT2D eigenvalue weighted by atomic mass is 9.89. The zero-order valence-electron chi connectivity index (χ0n) is 13.6. The molecular formula is C18H23NO4. The Morgan fingerprint density at radius 1 is 1.17 bits per heavy atom. The largest absolute Gasteiger partial charge is 0.481 e. The first kappa shape index (κ1) is 17.2. The molecule has 0 aliphatic heterocycles. The molecule has 5 nitrogen and oxygen atoms in total. The van der Waals surface area contributed by atoms with Gasteiger partial charge in [-0.2, -0.15) is 0 Å². The topological polar surface area (TPSA) is 83.5 Å². The van der Waals surface area contributed by atoms with E-state index in [0.29, 0.717) is 11.3 Å². The molecule has 0 spiro atoms. The van der Waals surface area contributed by atoms with E-state index in [9.17, 15) is 14.4 Å². The summed E-state index contributed by atoms with van der Waals surface area (Å²) in [6.07, 6.45) is 3.78. The van der Waals surface area contributed by atoms with E-state index < -0.39 is 17.3 Å². The van der Waals surface area contributed by atoms with Crippen molar-refractivity contribution in [1.82, 2.24) is 0 Å². The van der Waals surface area contributed by atoms with Crippen LogP contribution in [0.25, 0.3) is 0 Å². The number of para-hydroxylation sites is 1. The van der Waals surface area contributed by atoms with Crippen molar-refractivity contribution in [2.24, 2.45) is 11.3 Å². The first-order chi connectivity index (χ1) is 10.8. The molecule has 0 aromatic heterocycles. The van der Waals surface area contributed by atoms with E-state index in [2.05, 4.69) is 5.32 Å². The lowest BCUT2D eigenvalue weighted by Crippen LogP contribution is -2.30. The van der Waals surface area contributed by atoms with E-state index in [-0.39, 0.29) is 18.1 Å². The summed E-state index contributed by atoms with van der Waals surface area (Å²) in [6.45, 7) is 3.01. The fourth-order valence-electron chi connectivity index (χ4n) is 2.89. The second-order valence-corrected chi connectivity index (χ2v) is 6.81. The van der Waals surface area contributed by atoms with Crippen molar-refractivity contribution >= 4 is 23.3 Å². The Balaban J connectivity index is 2.12. The average molecular weight is 317 g/mol. The average Bonchev–Trinajstić information content (AvgIpc) is 3.00. The van der Waals surface area contributed by atoms with Gasteiger partial charge in [-0.1, -0.05) is 25.0 Å². The number of Topliss-reactive ketones (excluding diaryl/α,β-unsaturated/α-hetero) is 1. The number of amides is 1. The predicted molar refractivity (Wildman–Crippen MR) is 87.4 cm³/mol. The summed E-state index contributed by atoms with van der Waals surface area (Å²) in [7, 11) is 0. The summed E-state index contributed by atoms with van der Waals surface area (Å²) in [5.74, 6) is -1.33. The molecule has 2 rings (SSSR count). The zero-order valence-corrected chi connectivity index (χ0v) is 13.6. The molecule has 1 aromatic rings. The molecule has 5 heteroatoms. The van der Waals surface area contributed by atoms with Crippen LogP contribution in [0.15, 0.2) is 24.3 Å². The number of anilines is 1. The summed E-state index contributed by atoms with van der Waals surface area (Å²) in [5, 5.41) is 11.8. The minimum absolute atomic E-state index is 0.0310. The van der Waals surface area contributed by atoms with Gasteiger partial charge in [0.15, 0.2) is 5.78 Å². The maximum atomic E-state index is 12.6. The van der Waals surface area contributed by atoms with E-state index in [4.69, 9.17) is 5.11 Å². The normalized spacial score (nSPS) is 15.4. The molecule has 1 aliphatic carbocycles. The van der Waals surface area contributed by atoms with Crippen LogP contribution in [0.2, 0.25) is 0 Å². The molecule has 0 radical (unpaired) electrons. The Bertz CT molecular complexity index is 615. The smallest absolute Gasteiger partial charge is 0.309 e. The fraction of sp³-hybridized carbons (Fsp3) is 0.500. The lowest BCUT2D eigenvalue weighted by Gasteiger charge is -2.19. The molecule has 1 amide bonds. The molecule has 2 N–H and O–H groups in total. The van der Waals surface area contributed by atoms with Crippen molar-refractivity contribution in [3.8, 4) is 0 Å². The Labute approximate surface area is 136 Å². The Morgan fingerprint density at radius 3 is 2.39 bits per heavy atom. The first-order valence-electron chi connectivity index (χ1n) is 7.98. The molecule has 1 aliphatic rings. The number of carboxylic acids is 1. The molecule has 0 unspecified atom stereocenters. The zero-order chi connectivity index (χ0) is 17.0. The van der Waals surface area contributed by atoms with Crippen molar-refractivity contribution in [2.45, 2.75) is 46.0 Å². The van der Waals surface area contributed by atoms with E-state index in [1.54, 1.807) is 24.3 Å². The predicted octanol–water partition coefficient (Wildman–Crippen LogP) is 3.50. The number of carbonyl (C=O) groups excluding carboxylic acids is 2. The van der Waals surface area contributed by atoms with E-state index in [0.717, 1.165) is 25.7 Å². The number of carboxylic acid groups (broad SMARTS) is 1. The Kier molecular flexibility index (Phi) is 5.19. The van der Waals surface area contributed by atoms with Crippen LogP contribution in [0, 0.1) is 11.3 Å². The second-order valence-electron chi connectivity index (χ2n) is 6.81. The van der Waals surface area contributed by atoms with Crippen LogP contribution in [-0.2, 0) is 9.59 Å². The summed E-state index contributed by atoms with van der Waals surface area (Å²) in [5.41, 5.74) is -0.162. The highest BCUT2D eigenvalue weighted by atomic mass is 16.4. The van der Waals surface area contributed by atoms with Crippen LogP contribution in [0.4, 0.5) is 5.69 Å². The molecule has 124 valence electrons. The molecule has 1 saturated carbocycles. The second kappa shape index (κ2) is 6.94. The third-order valence-electron chi connectivity index (χ3n) is 4.37. The van der Waals surface area contributed by atoms with Gasteiger partial charge in [0, 0.05) is 17.9 Å². The minimum Gasteiger partial charge on any atom is -0.481 e. The van der Waals surface area contributed by atoms with E-state index >= 15 is 0 Å². The first-order valence-corrected chi connectivity index (χ1v) is 7.98. The van der Waals surface area contributed by atoms with Gasteiger partial charge >= 0.3 is 5.97 Å². The van der Waals surface area contributed by atoms with Crippen LogP contribution in [0.3, 0.4) is 0 Å². The third kappa shape index (κ3) is 4.18. The fourth-order valence-corrected chi connectivity index (χ4v) is 2.89. The monoisotopic (exact) mass is 317 g/mol. The van der Waals surface area contributed by atoms with Crippen LogP contribution >= 0.6 is 0 Å². The van der Waals surface area contributed by atoms with Crippen molar-refractivity contribution in [3.05, 3.63) is 29.8 Å². The highest BCUT2D eigenvalue weighted by Crippen LogP contribution is 2.30. The van der Waals surface area contributed by atoms with Gasteiger partial charge in [-0.3, -0.25) is 14.4 Å². The van der Waals surface area contributed by atoms with E-state index in [1.165, 1.54) is 13.8 Å². The van der Waals surface area contributed by atoms with Crippen LogP contribution < -0.4 is 5.32 Å². The van der Waals surface area contributed by atoms with Gasteiger partial charge in [0.25, 0.3) is 0 Å². The number of nitrogens with one attached hydrogen (secondary N) is 1. The van der Waals surface area contributed by atoms with Gasteiger partial charge in [0.1, 0.15) is 0 Å². The molecule has 1 fully saturated rings. The maximum absolute atomic E-state index is 12.6. The summed E-state index contributed by atoms with van der Waals surface area (Å²) in [4.78, 5) is 35.9. The van der Waals surface area contributed by atoms with Crippen LogP contribution in [0.1, 0.15) is 56.3 Å². The molecule has 0 heterocycles. The SMILES string of the molecule is CC(C)(CC(=O)Nc1ccccc1C(=O)C1CCCC1)C(=O)O. The summed E-state index contributed by atoms with van der Waals surface area (Å²) >= 11 is 0. The summed E-state index contributed by atoms with van der Waals surface area (Å²) in [6, 6.07) is 6.94. The molecule has 0 bridgehead atoms. The molecular weight excluding hydrogens is 294 g/mol. The maximum Gasteiger partial charge on any atom is 0.309 e. The molecule has 1 aromatic carbocycles. The van der Waals surface area contributed by atoms with Gasteiger partial charge in [-0.25, -0.2) is 0 Å². The van der Waals surface area contributed by atoms with Crippen molar-refractivity contribution in [2.75, 3.05) is 5.32 Å². The minimum atomic E-state index is -1.14. The Morgan fingerprint density at radius 2 is 1.78 bits per heavy atom. The van der Waals surface area contributed by atoms with Crippen molar-refractivity contribution in [1.29, 1.82) is 0 Å². The molecule has 23 heavy (non-hydrogen) atoms. The van der Waals surface area contributed by atoms with Gasteiger partial charge in [0.05, 0.1) is 11.1 Å². The van der Waals surface area contributed by atoms with Gasteiger partial charge < -0.3 is 10.4 Å². The number of benzene rings is 1. The number of aliphatic carboxylic acids is 1. The molecule has 0 saturated heterocycles. The van der Waals surface area contributed by atoms with E-state index in [1.807, 2.05) is 0 Å². The number of hydrogen-bond donors (Lipinski definition) is 2. The number of hydrogen-bond acceptors (Lipinski definition) is 3. The van der Waals surface area contributed by atoms with Gasteiger partial charge in [0.2, 0.25) is 5.91 Å². The summed E-state index contributed by atoms with van der Waals surface area (Å²) < 4.78 is 0. The standard InChI is InChI=1S/C18H23NO4/c1-18(2,17(22)23)11-15(20)19-14-10-6-5-9-13(14)16(21)12-7-3-4-8-12/h5-6,9-10,12H,3-4,7-8,11H2,1-2H3,(H,19,20)(H,22,23). The number of carbonyl (C=O) groups is 3. The highest BCUT2D eigenvalue weighted by molar-refractivity contribution is 6.06. The third-order valence-corrected chi connectivity index (χ3v) is 4.37. The lowest BCUT2D eigenvalue weighted by molar-refractivity contribution is -0.148. The van der Waals surface area contributed by atoms with Crippen molar-refractivity contribution in [3.63, 3.8) is 0 Å². The van der Waals surface area contributed by atoms with Crippen molar-refractivity contribution < 1.29 is 19.5 Å². The Hall–Kier alpha value is -2.17. The quantitative estimate of drug-likeness (QED) is 0.787. The van der Waals surface area contributed by atoms with Crippen LogP contribution in [-0.4, -0.2) is 22.8 Å². The van der Waals surface area contributed by atoms with Crippen LogP contribution in [0.5, 0.6) is 0 Å². The van der Waals surface area contributed by atoms with Gasteiger partial charge in [-0.15, -0.1) is 0 Å². The highest BCUT2D eigenvalue weighted by Gasteiger charge is 2.31. The number of rotatable bonds is 6. The number of ketones is 1. The molecule has 0 atom stereocenters. The van der Waals surface area contributed by atoms with Gasteiger partial charge in [-0.05, 0) is 38.8 Å².